The lowest BCUT2D eigenvalue weighted by Gasteiger charge is -2.28. The van der Waals surface area contributed by atoms with Crippen LogP contribution >= 0.6 is 0 Å². The molecule has 1 saturated heterocycles. The zero-order valence-electron chi connectivity index (χ0n) is 20.4. The number of ether oxygens (including phenoxy) is 2. The third-order valence-electron chi connectivity index (χ3n) is 5.11. The number of rotatable bonds is 9. The monoisotopic (exact) mass is 447 g/mol. The molecule has 0 unspecified atom stereocenters. The number of hydrogen-bond donors (Lipinski definition) is 2. The number of amides is 1. The molecular formula is C24H41N5O3. The SMILES string of the molecule is CCCN(CCNC(=NC)NCc1ccccc1CN1CCOCC1)C(=O)OC(C)(C)C. The van der Waals surface area contributed by atoms with Gasteiger partial charge in [0.15, 0.2) is 5.96 Å². The van der Waals surface area contributed by atoms with E-state index in [9.17, 15) is 4.79 Å². The molecule has 1 aromatic carbocycles. The van der Waals surface area contributed by atoms with Gasteiger partial charge in [0.1, 0.15) is 5.60 Å². The zero-order chi connectivity index (χ0) is 23.4. The molecule has 0 aromatic heterocycles. The van der Waals surface area contributed by atoms with Crippen molar-refractivity contribution in [1.29, 1.82) is 0 Å². The van der Waals surface area contributed by atoms with Crippen LogP contribution in [0.25, 0.3) is 0 Å². The molecule has 1 aliphatic heterocycles. The predicted octanol–water partition coefficient (Wildman–Crippen LogP) is 2.83. The maximum Gasteiger partial charge on any atom is 0.410 e. The van der Waals surface area contributed by atoms with Crippen molar-refractivity contribution in [2.75, 3.05) is 53.0 Å². The molecule has 1 amide bonds. The Balaban J connectivity index is 1.84. The normalized spacial score (nSPS) is 15.3. The third kappa shape index (κ3) is 9.44. The molecule has 32 heavy (non-hydrogen) atoms. The van der Waals surface area contributed by atoms with Crippen molar-refractivity contribution in [3.05, 3.63) is 35.4 Å². The summed E-state index contributed by atoms with van der Waals surface area (Å²) < 4.78 is 11.0. The van der Waals surface area contributed by atoms with E-state index in [4.69, 9.17) is 9.47 Å². The van der Waals surface area contributed by atoms with E-state index in [0.717, 1.165) is 39.3 Å². The molecule has 0 atom stereocenters. The van der Waals surface area contributed by atoms with Crippen molar-refractivity contribution in [3.8, 4) is 0 Å². The molecular weight excluding hydrogens is 406 g/mol. The number of carbonyl (C=O) groups is 1. The predicted molar refractivity (Wildman–Crippen MR) is 129 cm³/mol. The number of aliphatic imine (C=N–C) groups is 1. The number of benzene rings is 1. The van der Waals surface area contributed by atoms with Crippen LogP contribution in [0.5, 0.6) is 0 Å². The van der Waals surface area contributed by atoms with Gasteiger partial charge in [-0.3, -0.25) is 9.89 Å². The molecule has 1 heterocycles. The molecule has 0 spiro atoms. The molecule has 0 radical (unpaired) electrons. The molecule has 180 valence electrons. The maximum absolute atomic E-state index is 12.4. The van der Waals surface area contributed by atoms with Crippen LogP contribution < -0.4 is 10.6 Å². The van der Waals surface area contributed by atoms with Crippen LogP contribution in [0.1, 0.15) is 45.2 Å². The van der Waals surface area contributed by atoms with E-state index < -0.39 is 5.60 Å². The number of hydrogen-bond acceptors (Lipinski definition) is 5. The summed E-state index contributed by atoms with van der Waals surface area (Å²) in [5.41, 5.74) is 2.07. The molecule has 0 aliphatic carbocycles. The van der Waals surface area contributed by atoms with Crippen molar-refractivity contribution in [3.63, 3.8) is 0 Å². The van der Waals surface area contributed by atoms with Gasteiger partial charge in [0, 0.05) is 52.9 Å². The van der Waals surface area contributed by atoms with Crippen molar-refractivity contribution in [2.24, 2.45) is 4.99 Å². The number of carbonyl (C=O) groups excluding carboxylic acids is 1. The van der Waals surface area contributed by atoms with E-state index >= 15 is 0 Å². The van der Waals surface area contributed by atoms with Gasteiger partial charge in [-0.25, -0.2) is 4.79 Å². The smallest absolute Gasteiger partial charge is 0.410 e. The second-order valence-corrected chi connectivity index (χ2v) is 8.98. The molecule has 0 saturated carbocycles. The van der Waals surface area contributed by atoms with Crippen LogP contribution in [0.4, 0.5) is 4.79 Å². The Labute approximate surface area is 193 Å². The van der Waals surface area contributed by atoms with E-state index in [1.165, 1.54) is 11.1 Å². The Morgan fingerprint density at radius 3 is 2.47 bits per heavy atom. The minimum absolute atomic E-state index is 0.277. The second kappa shape index (κ2) is 13.3. The molecule has 1 fully saturated rings. The first-order valence-corrected chi connectivity index (χ1v) is 11.6. The molecule has 1 aromatic rings. The van der Waals surface area contributed by atoms with Gasteiger partial charge in [0.25, 0.3) is 0 Å². The summed E-state index contributed by atoms with van der Waals surface area (Å²) in [6, 6.07) is 8.50. The standard InChI is InChI=1S/C24H41N5O3/c1-6-12-29(23(30)32-24(2,3)4)13-11-26-22(25-5)27-18-20-9-7-8-10-21(20)19-28-14-16-31-17-15-28/h7-10H,6,11-19H2,1-5H3,(H2,25,26,27). The van der Waals surface area contributed by atoms with Crippen molar-refractivity contribution in [1.82, 2.24) is 20.4 Å². The number of guanidine groups is 1. The average molecular weight is 448 g/mol. The Kier molecular flexibility index (Phi) is 10.8. The lowest BCUT2D eigenvalue weighted by atomic mass is 10.1. The van der Waals surface area contributed by atoms with E-state index in [2.05, 4.69) is 51.7 Å². The minimum Gasteiger partial charge on any atom is -0.444 e. The van der Waals surface area contributed by atoms with E-state index in [0.29, 0.717) is 32.1 Å². The summed E-state index contributed by atoms with van der Waals surface area (Å²) in [5, 5.41) is 6.71. The van der Waals surface area contributed by atoms with Crippen LogP contribution in [0.2, 0.25) is 0 Å². The second-order valence-electron chi connectivity index (χ2n) is 8.98. The largest absolute Gasteiger partial charge is 0.444 e. The fourth-order valence-electron chi connectivity index (χ4n) is 3.48. The first-order valence-electron chi connectivity index (χ1n) is 11.6. The first-order chi connectivity index (χ1) is 15.3. The van der Waals surface area contributed by atoms with Crippen LogP contribution in [-0.4, -0.2) is 80.4 Å². The molecule has 0 bridgehead atoms. The average Bonchev–Trinajstić information content (AvgIpc) is 2.76. The highest BCUT2D eigenvalue weighted by Gasteiger charge is 2.21. The van der Waals surface area contributed by atoms with Crippen LogP contribution in [0, 0.1) is 0 Å². The molecule has 8 nitrogen and oxygen atoms in total. The van der Waals surface area contributed by atoms with Gasteiger partial charge in [-0.15, -0.1) is 0 Å². The van der Waals surface area contributed by atoms with E-state index in [1.54, 1.807) is 11.9 Å². The summed E-state index contributed by atoms with van der Waals surface area (Å²) >= 11 is 0. The Bertz CT molecular complexity index is 727. The highest BCUT2D eigenvalue weighted by molar-refractivity contribution is 5.79. The highest BCUT2D eigenvalue weighted by Crippen LogP contribution is 2.13. The summed E-state index contributed by atoms with van der Waals surface area (Å²) in [6.45, 7) is 14.7. The van der Waals surface area contributed by atoms with Gasteiger partial charge >= 0.3 is 6.09 Å². The zero-order valence-corrected chi connectivity index (χ0v) is 20.4. The topological polar surface area (TPSA) is 78.4 Å². The molecule has 8 heteroatoms. The molecule has 2 rings (SSSR count). The first kappa shape index (κ1) is 25.9. The third-order valence-corrected chi connectivity index (χ3v) is 5.11. The minimum atomic E-state index is -0.497. The Morgan fingerprint density at radius 2 is 1.84 bits per heavy atom. The molecule has 1 aliphatic rings. The van der Waals surface area contributed by atoms with E-state index in [1.807, 2.05) is 20.8 Å². The van der Waals surface area contributed by atoms with Gasteiger partial charge < -0.3 is 25.0 Å². The quantitative estimate of drug-likeness (QED) is 0.448. The lowest BCUT2D eigenvalue weighted by Crippen LogP contribution is -2.44. The van der Waals surface area contributed by atoms with Gasteiger partial charge in [-0.05, 0) is 38.3 Å². The Hall–Kier alpha value is -2.32. The van der Waals surface area contributed by atoms with Crippen molar-refractivity contribution < 1.29 is 14.3 Å². The summed E-state index contributed by atoms with van der Waals surface area (Å²) in [7, 11) is 1.76. The number of morpholine rings is 1. The lowest BCUT2D eigenvalue weighted by molar-refractivity contribution is 0.0253. The fourth-order valence-corrected chi connectivity index (χ4v) is 3.48. The number of nitrogens with zero attached hydrogens (tertiary/aromatic N) is 3. The fraction of sp³-hybridized carbons (Fsp3) is 0.667. The van der Waals surface area contributed by atoms with E-state index in [-0.39, 0.29) is 6.09 Å². The van der Waals surface area contributed by atoms with Crippen LogP contribution in [0.15, 0.2) is 29.3 Å². The Morgan fingerprint density at radius 1 is 1.16 bits per heavy atom. The summed E-state index contributed by atoms with van der Waals surface area (Å²) in [6.07, 6.45) is 0.604. The van der Waals surface area contributed by atoms with Gasteiger partial charge in [-0.2, -0.15) is 0 Å². The van der Waals surface area contributed by atoms with Gasteiger partial charge in [0.05, 0.1) is 13.2 Å². The number of nitrogens with one attached hydrogen (secondary N) is 2. The highest BCUT2D eigenvalue weighted by atomic mass is 16.6. The summed E-state index contributed by atoms with van der Waals surface area (Å²) in [5.74, 6) is 0.715. The van der Waals surface area contributed by atoms with Crippen LogP contribution in [-0.2, 0) is 22.6 Å². The van der Waals surface area contributed by atoms with Crippen LogP contribution in [0.3, 0.4) is 0 Å². The maximum atomic E-state index is 12.4. The van der Waals surface area contributed by atoms with Crippen molar-refractivity contribution >= 4 is 12.1 Å². The van der Waals surface area contributed by atoms with Crippen molar-refractivity contribution in [2.45, 2.75) is 52.8 Å². The van der Waals surface area contributed by atoms with Gasteiger partial charge in [-0.1, -0.05) is 31.2 Å². The summed E-state index contributed by atoms with van der Waals surface area (Å²) in [4.78, 5) is 20.9. The molecule has 2 N–H and O–H groups in total. The van der Waals surface area contributed by atoms with Gasteiger partial charge in [0.2, 0.25) is 0 Å².